The van der Waals surface area contributed by atoms with Crippen LogP contribution in [0.1, 0.15) is 49.1 Å². The van der Waals surface area contributed by atoms with Gasteiger partial charge >= 0.3 is 0 Å². The first-order valence-corrected chi connectivity index (χ1v) is 14.3. The van der Waals surface area contributed by atoms with E-state index in [2.05, 4.69) is 16.0 Å². The third-order valence-corrected chi connectivity index (χ3v) is 10.1. The molecule has 2 aromatic rings. The van der Waals surface area contributed by atoms with Crippen LogP contribution in [-0.2, 0) is 19.8 Å². The van der Waals surface area contributed by atoms with Gasteiger partial charge in [-0.2, -0.15) is 0 Å². The van der Waals surface area contributed by atoms with Crippen molar-refractivity contribution in [1.29, 1.82) is 0 Å². The van der Waals surface area contributed by atoms with Gasteiger partial charge in [-0.05, 0) is 61.4 Å². The largest absolute Gasteiger partial charge is 0.369 e. The Morgan fingerprint density at radius 2 is 1.78 bits per heavy atom. The molecule has 2 aliphatic carbocycles. The van der Waals surface area contributed by atoms with Gasteiger partial charge in [0.05, 0.1) is 30.3 Å². The summed E-state index contributed by atoms with van der Waals surface area (Å²) in [6.45, 7) is -1.77. The maximum atomic E-state index is 16.1. The van der Waals surface area contributed by atoms with Gasteiger partial charge in [0.1, 0.15) is 5.82 Å². The molecular formula is C29H29Cl2F3N4O3. The molecule has 0 aromatic heterocycles. The molecule has 2 aliphatic heterocycles. The third kappa shape index (κ3) is 4.32. The van der Waals surface area contributed by atoms with Crippen LogP contribution in [0.15, 0.2) is 36.4 Å². The van der Waals surface area contributed by atoms with E-state index < -0.39 is 65.2 Å². The van der Waals surface area contributed by atoms with Gasteiger partial charge < -0.3 is 16.4 Å². The normalized spacial score (nSPS) is 30.7. The summed E-state index contributed by atoms with van der Waals surface area (Å²) in [5, 5.41) is 9.30. The number of primary amides is 1. The first-order chi connectivity index (χ1) is 19.5. The third-order valence-electron chi connectivity index (χ3n) is 9.55. The molecule has 5 N–H and O–H groups in total. The molecule has 6 rings (SSSR count). The van der Waals surface area contributed by atoms with Crippen LogP contribution in [0.2, 0.25) is 10.0 Å². The van der Waals surface area contributed by atoms with E-state index >= 15 is 4.39 Å². The molecule has 3 fully saturated rings. The fourth-order valence-electron chi connectivity index (χ4n) is 7.82. The number of rotatable bonds is 7. The first-order valence-electron chi connectivity index (χ1n) is 13.5. The van der Waals surface area contributed by atoms with Gasteiger partial charge in [0.2, 0.25) is 17.7 Å². The smallest absolute Gasteiger partial charge is 0.238 e. The molecule has 0 bridgehead atoms. The lowest BCUT2D eigenvalue weighted by atomic mass is 9.53. The zero-order chi connectivity index (χ0) is 29.3. The zero-order valence-electron chi connectivity index (χ0n) is 21.9. The highest BCUT2D eigenvalue weighted by Crippen LogP contribution is 2.63. The van der Waals surface area contributed by atoms with Crippen molar-refractivity contribution in [2.45, 2.75) is 61.1 Å². The maximum Gasteiger partial charge on any atom is 0.238 e. The predicted octanol–water partition coefficient (Wildman–Crippen LogP) is 4.31. The summed E-state index contributed by atoms with van der Waals surface area (Å²) in [7, 11) is 0. The van der Waals surface area contributed by atoms with E-state index in [0.717, 1.165) is 0 Å². The van der Waals surface area contributed by atoms with Gasteiger partial charge in [-0.25, -0.2) is 4.39 Å². The Hall–Kier alpha value is -2.82. The standard InChI is InChI=1S/C29H29Cl2F3N4O3/c30-15-4-5-17-20(8-15)37-25(40)21(17)29(18-2-1-3-19(31)22(18)34)11-28(9-27(10-28,12-32)13-33)38-23(29)26(41)36-16-6-14(7-16)24(35)39/h1-5,8,14,16,21,23,38H,6-7,9-13H2,(H2,35,39)(H,36,41)(H,37,40)/t14?,16?,21?,23-,29-/m0/s1. The monoisotopic (exact) mass is 608 g/mol. The van der Waals surface area contributed by atoms with Crippen molar-refractivity contribution in [3.8, 4) is 0 Å². The SMILES string of the molecule is NC(=O)C1CC(NC(=O)[C@@H]2NC3(CC(CF)(CF)C3)C[C@]2(c2cccc(Cl)c2F)C2C(=O)Nc3cc(Cl)ccc32)C1. The highest BCUT2D eigenvalue weighted by atomic mass is 35.5. The summed E-state index contributed by atoms with van der Waals surface area (Å²) < 4.78 is 44.1. The lowest BCUT2D eigenvalue weighted by Gasteiger charge is -2.53. The molecule has 2 heterocycles. The Kier molecular flexibility index (Phi) is 6.82. The summed E-state index contributed by atoms with van der Waals surface area (Å²) in [6.07, 6.45) is 0.891. The van der Waals surface area contributed by atoms with Crippen molar-refractivity contribution < 1.29 is 27.6 Å². The molecule has 2 saturated carbocycles. The minimum atomic E-state index is -1.53. The van der Waals surface area contributed by atoms with Crippen molar-refractivity contribution in [3.63, 3.8) is 0 Å². The number of fused-ring (bicyclic) bond motifs is 1. The molecular weight excluding hydrogens is 580 g/mol. The van der Waals surface area contributed by atoms with E-state index in [1.165, 1.54) is 12.1 Å². The van der Waals surface area contributed by atoms with Crippen LogP contribution in [0.5, 0.6) is 0 Å². The molecule has 41 heavy (non-hydrogen) atoms. The van der Waals surface area contributed by atoms with Crippen LogP contribution >= 0.6 is 23.2 Å². The lowest BCUT2D eigenvalue weighted by Crippen LogP contribution is -2.63. The lowest BCUT2D eigenvalue weighted by molar-refractivity contribution is -0.130. The molecule has 3 atom stereocenters. The van der Waals surface area contributed by atoms with Crippen molar-refractivity contribution in [2.75, 3.05) is 18.7 Å². The van der Waals surface area contributed by atoms with E-state index in [4.69, 9.17) is 28.9 Å². The molecule has 2 aromatic carbocycles. The number of anilines is 1. The van der Waals surface area contributed by atoms with Gasteiger partial charge in [-0.1, -0.05) is 41.4 Å². The average Bonchev–Trinajstić information content (AvgIpc) is 3.40. The van der Waals surface area contributed by atoms with Gasteiger partial charge in [0, 0.05) is 39.0 Å². The Labute approximate surface area is 244 Å². The van der Waals surface area contributed by atoms with E-state index in [-0.39, 0.29) is 41.8 Å². The van der Waals surface area contributed by atoms with Gasteiger partial charge in [-0.3, -0.25) is 28.5 Å². The number of hydrogen-bond acceptors (Lipinski definition) is 4. The van der Waals surface area contributed by atoms with Crippen LogP contribution in [0.25, 0.3) is 0 Å². The molecule has 0 radical (unpaired) electrons. The topological polar surface area (TPSA) is 113 Å². The fourth-order valence-corrected chi connectivity index (χ4v) is 8.17. The molecule has 1 unspecified atom stereocenters. The van der Waals surface area contributed by atoms with E-state index in [9.17, 15) is 23.2 Å². The molecule has 1 spiro atoms. The van der Waals surface area contributed by atoms with Crippen molar-refractivity contribution in [1.82, 2.24) is 10.6 Å². The Bertz CT molecular complexity index is 1440. The van der Waals surface area contributed by atoms with Crippen molar-refractivity contribution >= 4 is 46.6 Å². The first kappa shape index (κ1) is 28.3. The highest BCUT2D eigenvalue weighted by Gasteiger charge is 2.70. The summed E-state index contributed by atoms with van der Waals surface area (Å²) >= 11 is 12.5. The second-order valence-corrected chi connectivity index (χ2v) is 13.1. The second kappa shape index (κ2) is 9.88. The molecule has 218 valence electrons. The van der Waals surface area contributed by atoms with Crippen molar-refractivity contribution in [2.24, 2.45) is 17.1 Å². The fraction of sp³-hybridized carbons (Fsp3) is 0.483. The number of alkyl halides is 2. The minimum absolute atomic E-state index is 0.0474. The molecule has 12 heteroatoms. The van der Waals surface area contributed by atoms with E-state index in [1.54, 1.807) is 24.3 Å². The minimum Gasteiger partial charge on any atom is -0.369 e. The number of benzene rings is 2. The van der Waals surface area contributed by atoms with Crippen LogP contribution in [0.4, 0.5) is 18.9 Å². The number of carbonyl (C=O) groups excluding carboxylic acids is 3. The zero-order valence-corrected chi connectivity index (χ0v) is 23.4. The van der Waals surface area contributed by atoms with Crippen LogP contribution in [-0.4, -0.2) is 48.7 Å². The predicted molar refractivity (Wildman–Crippen MR) is 148 cm³/mol. The van der Waals surface area contributed by atoms with Crippen LogP contribution in [0.3, 0.4) is 0 Å². The number of hydrogen-bond donors (Lipinski definition) is 4. The van der Waals surface area contributed by atoms with Gasteiger partial charge in [0.25, 0.3) is 0 Å². The van der Waals surface area contributed by atoms with E-state index in [1.807, 2.05) is 0 Å². The second-order valence-electron chi connectivity index (χ2n) is 12.2. The van der Waals surface area contributed by atoms with Crippen LogP contribution < -0.4 is 21.7 Å². The van der Waals surface area contributed by atoms with E-state index in [0.29, 0.717) is 29.1 Å². The molecule has 1 saturated heterocycles. The van der Waals surface area contributed by atoms with Gasteiger partial charge in [-0.15, -0.1) is 0 Å². The number of amides is 3. The number of halogens is 5. The molecule has 3 amide bonds. The summed E-state index contributed by atoms with van der Waals surface area (Å²) in [5.41, 5.74) is 2.71. The Morgan fingerprint density at radius 3 is 2.44 bits per heavy atom. The molecule has 4 aliphatic rings. The van der Waals surface area contributed by atoms with Crippen LogP contribution in [0, 0.1) is 17.2 Å². The quantitative estimate of drug-likeness (QED) is 0.375. The number of nitrogens with two attached hydrogens (primary N) is 1. The highest BCUT2D eigenvalue weighted by molar-refractivity contribution is 6.31. The molecule has 7 nitrogen and oxygen atoms in total. The van der Waals surface area contributed by atoms with Crippen molar-refractivity contribution in [3.05, 3.63) is 63.4 Å². The van der Waals surface area contributed by atoms with Gasteiger partial charge in [0.15, 0.2) is 0 Å². The summed E-state index contributed by atoms with van der Waals surface area (Å²) in [6, 6.07) is 7.77. The number of carbonyl (C=O) groups is 3. The maximum absolute atomic E-state index is 16.1. The Morgan fingerprint density at radius 1 is 1.07 bits per heavy atom. The Balaban J connectivity index is 1.50. The average molecular weight is 609 g/mol. The summed E-state index contributed by atoms with van der Waals surface area (Å²) in [4.78, 5) is 39.5. The number of nitrogens with one attached hydrogen (secondary N) is 3. The summed E-state index contributed by atoms with van der Waals surface area (Å²) in [5.74, 6) is -3.63.